The zero-order valence-corrected chi connectivity index (χ0v) is 18.6. The number of benzene rings is 1. The number of fused-ring (bicyclic) bond motifs is 1. The van der Waals surface area contributed by atoms with Crippen LogP contribution in [0.4, 0.5) is 10.2 Å². The number of nitrogens with one attached hydrogen (secondary N) is 1. The molecule has 7 heteroatoms. The molecule has 0 radical (unpaired) electrons. The van der Waals surface area contributed by atoms with Crippen molar-refractivity contribution in [1.29, 1.82) is 0 Å². The normalized spacial score (nSPS) is 20.4. The molecule has 1 unspecified atom stereocenters. The number of aliphatic hydroxyl groups excluding tert-OH is 1. The van der Waals surface area contributed by atoms with E-state index >= 15 is 0 Å². The summed E-state index contributed by atoms with van der Waals surface area (Å²) in [5, 5.41) is 14.4. The number of piperidine rings is 1. The highest BCUT2D eigenvalue weighted by Gasteiger charge is 2.26. The second-order valence-corrected chi connectivity index (χ2v) is 9.06. The molecule has 4 rings (SSSR count). The number of hydrogen-bond donors (Lipinski definition) is 3. The van der Waals surface area contributed by atoms with E-state index in [1.54, 1.807) is 19.9 Å². The standard InChI is InChI=1S/C24H34FN5O/c1-15-12-17-13-20(23(26)27-16(2)31)24(29-22(17)14-21(15)25)30-10-8-19(9-11-30)28-18-6-4-3-5-7-18/h12-14,16,18-19,28,31H,3-11H2,1-2H3,(H2,26,27). The molecule has 0 bridgehead atoms. The lowest BCUT2D eigenvalue weighted by atomic mass is 9.93. The minimum absolute atomic E-state index is 0.254. The molecular formula is C24H34FN5O. The molecule has 168 valence electrons. The number of anilines is 1. The van der Waals surface area contributed by atoms with Crippen molar-refractivity contribution in [3.8, 4) is 0 Å². The fourth-order valence-corrected chi connectivity index (χ4v) is 4.86. The van der Waals surface area contributed by atoms with E-state index in [1.807, 2.05) is 6.07 Å². The van der Waals surface area contributed by atoms with Gasteiger partial charge in [0.2, 0.25) is 0 Å². The summed E-state index contributed by atoms with van der Waals surface area (Å²) in [6, 6.07) is 6.35. The summed E-state index contributed by atoms with van der Waals surface area (Å²) in [4.78, 5) is 11.2. The number of pyridine rings is 1. The number of nitrogens with two attached hydrogens (primary N) is 1. The lowest BCUT2D eigenvalue weighted by Gasteiger charge is -2.37. The molecule has 0 spiro atoms. The Kier molecular flexibility index (Phi) is 6.72. The van der Waals surface area contributed by atoms with Crippen LogP contribution in [0.15, 0.2) is 23.2 Å². The quantitative estimate of drug-likeness (QED) is 0.501. The number of aliphatic imine (C=N–C) groups is 1. The van der Waals surface area contributed by atoms with Gasteiger partial charge in [-0.15, -0.1) is 0 Å². The maximum Gasteiger partial charge on any atom is 0.144 e. The first kappa shape index (κ1) is 22.0. The van der Waals surface area contributed by atoms with Crippen LogP contribution in [0.25, 0.3) is 10.9 Å². The first-order chi connectivity index (χ1) is 14.9. The predicted molar refractivity (Wildman–Crippen MR) is 124 cm³/mol. The van der Waals surface area contributed by atoms with E-state index in [9.17, 15) is 9.50 Å². The van der Waals surface area contributed by atoms with Gasteiger partial charge in [0, 0.05) is 36.6 Å². The van der Waals surface area contributed by atoms with Crippen molar-refractivity contribution >= 4 is 22.6 Å². The molecule has 2 aromatic rings. The van der Waals surface area contributed by atoms with Crippen LogP contribution in [-0.4, -0.2) is 47.3 Å². The topological polar surface area (TPSA) is 86.8 Å². The van der Waals surface area contributed by atoms with Crippen molar-refractivity contribution in [2.75, 3.05) is 18.0 Å². The smallest absolute Gasteiger partial charge is 0.144 e. The molecule has 2 heterocycles. The Hall–Kier alpha value is -2.25. The van der Waals surface area contributed by atoms with Crippen molar-refractivity contribution in [3.63, 3.8) is 0 Å². The van der Waals surface area contributed by atoms with Gasteiger partial charge in [0.15, 0.2) is 0 Å². The number of nitrogens with zero attached hydrogens (tertiary/aromatic N) is 3. The third-order valence-electron chi connectivity index (χ3n) is 6.55. The predicted octanol–water partition coefficient (Wildman–Crippen LogP) is 3.62. The molecule has 1 aliphatic carbocycles. The number of aliphatic hydroxyl groups is 1. The first-order valence-corrected chi connectivity index (χ1v) is 11.5. The monoisotopic (exact) mass is 427 g/mol. The van der Waals surface area contributed by atoms with Gasteiger partial charge in [-0.3, -0.25) is 0 Å². The van der Waals surface area contributed by atoms with Crippen molar-refractivity contribution in [3.05, 3.63) is 35.1 Å². The number of aromatic nitrogens is 1. The van der Waals surface area contributed by atoms with E-state index in [4.69, 9.17) is 10.7 Å². The lowest BCUT2D eigenvalue weighted by molar-refractivity contribution is 0.205. The number of rotatable bonds is 5. The van der Waals surface area contributed by atoms with Gasteiger partial charge in [0.1, 0.15) is 23.7 Å². The average molecular weight is 428 g/mol. The molecule has 0 amide bonds. The van der Waals surface area contributed by atoms with Gasteiger partial charge in [-0.25, -0.2) is 14.4 Å². The maximum atomic E-state index is 14.2. The molecule has 1 aromatic heterocycles. The van der Waals surface area contributed by atoms with E-state index in [1.165, 1.54) is 38.2 Å². The second kappa shape index (κ2) is 9.49. The van der Waals surface area contributed by atoms with Crippen LogP contribution in [0.3, 0.4) is 0 Å². The van der Waals surface area contributed by atoms with E-state index in [2.05, 4.69) is 15.2 Å². The fourth-order valence-electron chi connectivity index (χ4n) is 4.86. The first-order valence-electron chi connectivity index (χ1n) is 11.5. The molecule has 1 aliphatic heterocycles. The van der Waals surface area contributed by atoms with Crippen LogP contribution in [0.1, 0.15) is 63.0 Å². The van der Waals surface area contributed by atoms with Crippen LogP contribution in [0.2, 0.25) is 0 Å². The van der Waals surface area contributed by atoms with E-state index in [-0.39, 0.29) is 11.7 Å². The van der Waals surface area contributed by atoms with E-state index < -0.39 is 6.23 Å². The van der Waals surface area contributed by atoms with Crippen molar-refractivity contribution in [2.24, 2.45) is 10.7 Å². The summed E-state index contributed by atoms with van der Waals surface area (Å²) in [5.74, 6) is 0.706. The molecule has 6 nitrogen and oxygen atoms in total. The van der Waals surface area contributed by atoms with Crippen LogP contribution in [0.5, 0.6) is 0 Å². The summed E-state index contributed by atoms with van der Waals surface area (Å²) in [5.41, 5.74) is 8.11. The van der Waals surface area contributed by atoms with Gasteiger partial charge >= 0.3 is 0 Å². The fraction of sp³-hybridized carbons (Fsp3) is 0.583. The minimum atomic E-state index is -0.899. The Morgan fingerprint density at radius 1 is 1.16 bits per heavy atom. The lowest BCUT2D eigenvalue weighted by Crippen LogP contribution is -2.47. The maximum absolute atomic E-state index is 14.2. The summed E-state index contributed by atoms with van der Waals surface area (Å²) < 4.78 is 14.2. The largest absolute Gasteiger partial charge is 0.383 e. The van der Waals surface area contributed by atoms with Crippen LogP contribution >= 0.6 is 0 Å². The van der Waals surface area contributed by atoms with Gasteiger partial charge in [-0.1, -0.05) is 19.3 Å². The van der Waals surface area contributed by atoms with Crippen molar-refractivity contribution in [2.45, 2.75) is 77.1 Å². The Labute approximate surface area is 183 Å². The molecule has 2 fully saturated rings. The van der Waals surface area contributed by atoms with Gasteiger partial charge in [-0.2, -0.15) is 0 Å². The minimum Gasteiger partial charge on any atom is -0.383 e. The van der Waals surface area contributed by atoms with Crippen LogP contribution < -0.4 is 16.0 Å². The molecule has 1 aromatic carbocycles. The van der Waals surface area contributed by atoms with E-state index in [0.29, 0.717) is 34.5 Å². The van der Waals surface area contributed by atoms with Gasteiger partial charge in [0.25, 0.3) is 0 Å². The van der Waals surface area contributed by atoms with E-state index in [0.717, 1.165) is 31.3 Å². The van der Waals surface area contributed by atoms with Crippen LogP contribution in [-0.2, 0) is 0 Å². The second-order valence-electron chi connectivity index (χ2n) is 9.06. The van der Waals surface area contributed by atoms with Crippen molar-refractivity contribution < 1.29 is 9.50 Å². The Morgan fingerprint density at radius 2 is 1.84 bits per heavy atom. The molecule has 2 aliphatic rings. The van der Waals surface area contributed by atoms with Crippen molar-refractivity contribution in [1.82, 2.24) is 10.3 Å². The summed E-state index contributed by atoms with van der Waals surface area (Å²) >= 11 is 0. The molecule has 4 N–H and O–H groups in total. The third kappa shape index (κ3) is 5.15. The zero-order chi connectivity index (χ0) is 22.0. The Balaban J connectivity index is 1.58. The zero-order valence-electron chi connectivity index (χ0n) is 18.6. The molecule has 1 saturated carbocycles. The molecule has 1 saturated heterocycles. The SMILES string of the molecule is Cc1cc2cc(C(N)=NC(C)O)c(N3CCC(NC4CCCCC4)CC3)nc2cc1F. The number of amidine groups is 1. The molecule has 1 atom stereocenters. The number of hydrogen-bond acceptors (Lipinski definition) is 5. The highest BCUT2D eigenvalue weighted by atomic mass is 19.1. The third-order valence-corrected chi connectivity index (χ3v) is 6.55. The summed E-state index contributed by atoms with van der Waals surface area (Å²) in [6.07, 6.45) is 7.77. The summed E-state index contributed by atoms with van der Waals surface area (Å²) in [6.45, 7) is 5.01. The van der Waals surface area contributed by atoms with Gasteiger partial charge in [0.05, 0.1) is 11.1 Å². The average Bonchev–Trinajstić information content (AvgIpc) is 2.75. The molecular weight excluding hydrogens is 393 g/mol. The van der Waals surface area contributed by atoms with Gasteiger partial charge in [-0.05, 0) is 57.2 Å². The Morgan fingerprint density at radius 3 is 2.52 bits per heavy atom. The number of halogens is 1. The summed E-state index contributed by atoms with van der Waals surface area (Å²) in [7, 11) is 0. The van der Waals surface area contributed by atoms with Crippen LogP contribution in [0, 0.1) is 12.7 Å². The highest BCUT2D eigenvalue weighted by molar-refractivity contribution is 6.05. The van der Waals surface area contributed by atoms with Gasteiger partial charge < -0.3 is 21.1 Å². The number of aryl methyl sites for hydroxylation is 1. The molecule has 31 heavy (non-hydrogen) atoms. The highest BCUT2D eigenvalue weighted by Crippen LogP contribution is 2.28. The Bertz CT molecular complexity index is 947.